The maximum Gasteiger partial charge on any atom is 0.255 e. The summed E-state index contributed by atoms with van der Waals surface area (Å²) in [5.41, 5.74) is 2.11. The second-order valence-corrected chi connectivity index (χ2v) is 7.71. The van der Waals surface area contributed by atoms with Crippen LogP contribution < -0.4 is 15.0 Å². The zero-order chi connectivity index (χ0) is 23.0. The molecule has 1 fully saturated rings. The number of hydrogen-bond acceptors (Lipinski definition) is 6. The van der Waals surface area contributed by atoms with E-state index in [-0.39, 0.29) is 11.8 Å². The van der Waals surface area contributed by atoms with E-state index >= 15 is 0 Å². The van der Waals surface area contributed by atoms with Crippen LogP contribution in [0, 0.1) is 0 Å². The van der Waals surface area contributed by atoms with Gasteiger partial charge >= 0.3 is 0 Å². The minimum absolute atomic E-state index is 0.0909. The van der Waals surface area contributed by atoms with Crippen molar-refractivity contribution in [2.45, 2.75) is 13.3 Å². The molecule has 2 aromatic carbocycles. The molecular formula is C25H27N5O3. The van der Waals surface area contributed by atoms with Gasteiger partial charge < -0.3 is 19.9 Å². The van der Waals surface area contributed by atoms with Gasteiger partial charge in [0.2, 0.25) is 11.9 Å². The van der Waals surface area contributed by atoms with Gasteiger partial charge in [-0.2, -0.15) is 0 Å². The molecule has 0 saturated carbocycles. The van der Waals surface area contributed by atoms with Gasteiger partial charge in [-0.15, -0.1) is 0 Å². The van der Waals surface area contributed by atoms with Crippen LogP contribution in [-0.4, -0.2) is 59.5 Å². The molecule has 4 rings (SSSR count). The molecule has 3 aromatic rings. The number of carbonyl (C=O) groups excluding carboxylic acids is 2. The SMILES string of the molecule is CCOc1cccc(C(=O)Nc2ccc(CC(=O)N3CCN(c4ncccn4)CC3)cc2)c1. The van der Waals surface area contributed by atoms with Crippen molar-refractivity contribution >= 4 is 23.5 Å². The maximum absolute atomic E-state index is 12.7. The van der Waals surface area contributed by atoms with Crippen LogP contribution in [0.1, 0.15) is 22.8 Å². The van der Waals surface area contributed by atoms with Crippen molar-refractivity contribution in [3.63, 3.8) is 0 Å². The third kappa shape index (κ3) is 5.85. The number of anilines is 2. The topological polar surface area (TPSA) is 87.7 Å². The minimum Gasteiger partial charge on any atom is -0.494 e. The van der Waals surface area contributed by atoms with Gasteiger partial charge in [-0.25, -0.2) is 9.97 Å². The lowest BCUT2D eigenvalue weighted by atomic mass is 10.1. The van der Waals surface area contributed by atoms with Crippen molar-refractivity contribution in [1.82, 2.24) is 14.9 Å². The number of ether oxygens (including phenoxy) is 1. The summed E-state index contributed by atoms with van der Waals surface area (Å²) in [5.74, 6) is 1.25. The lowest BCUT2D eigenvalue weighted by Crippen LogP contribution is -2.49. The molecule has 1 aliphatic heterocycles. The highest BCUT2D eigenvalue weighted by molar-refractivity contribution is 6.04. The molecule has 8 nitrogen and oxygen atoms in total. The van der Waals surface area contributed by atoms with Crippen LogP contribution in [0.2, 0.25) is 0 Å². The van der Waals surface area contributed by atoms with E-state index < -0.39 is 0 Å². The summed E-state index contributed by atoms with van der Waals surface area (Å²) in [5, 5.41) is 2.88. The third-order valence-electron chi connectivity index (χ3n) is 5.44. The van der Waals surface area contributed by atoms with E-state index in [1.165, 1.54) is 0 Å². The fraction of sp³-hybridized carbons (Fsp3) is 0.280. The van der Waals surface area contributed by atoms with Gasteiger partial charge in [0.05, 0.1) is 13.0 Å². The van der Waals surface area contributed by atoms with Gasteiger partial charge in [-0.3, -0.25) is 9.59 Å². The number of rotatable bonds is 7. The van der Waals surface area contributed by atoms with Gasteiger partial charge in [-0.1, -0.05) is 18.2 Å². The Morgan fingerprint density at radius 1 is 0.970 bits per heavy atom. The van der Waals surface area contributed by atoms with Crippen molar-refractivity contribution in [2.24, 2.45) is 0 Å². The van der Waals surface area contributed by atoms with E-state index in [0.29, 0.717) is 62.2 Å². The van der Waals surface area contributed by atoms with Crippen molar-refractivity contribution in [3.05, 3.63) is 78.1 Å². The summed E-state index contributed by atoms with van der Waals surface area (Å²) < 4.78 is 5.45. The van der Waals surface area contributed by atoms with E-state index in [4.69, 9.17) is 4.74 Å². The molecule has 2 heterocycles. The monoisotopic (exact) mass is 445 g/mol. The number of nitrogens with one attached hydrogen (secondary N) is 1. The third-order valence-corrected chi connectivity index (χ3v) is 5.44. The van der Waals surface area contributed by atoms with Crippen molar-refractivity contribution in [3.8, 4) is 5.75 Å². The molecule has 0 radical (unpaired) electrons. The van der Waals surface area contributed by atoms with Crippen LogP contribution in [-0.2, 0) is 11.2 Å². The highest BCUT2D eigenvalue weighted by Gasteiger charge is 2.22. The fourth-order valence-electron chi connectivity index (χ4n) is 3.70. The fourth-order valence-corrected chi connectivity index (χ4v) is 3.70. The average molecular weight is 446 g/mol. The normalized spacial score (nSPS) is 13.5. The highest BCUT2D eigenvalue weighted by atomic mass is 16.5. The molecule has 1 saturated heterocycles. The van der Waals surface area contributed by atoms with E-state index in [9.17, 15) is 9.59 Å². The Hall–Kier alpha value is -3.94. The number of carbonyl (C=O) groups is 2. The molecule has 0 bridgehead atoms. The Labute approximate surface area is 193 Å². The lowest BCUT2D eigenvalue weighted by Gasteiger charge is -2.34. The van der Waals surface area contributed by atoms with E-state index in [0.717, 1.165) is 5.56 Å². The smallest absolute Gasteiger partial charge is 0.255 e. The second kappa shape index (κ2) is 10.6. The minimum atomic E-state index is -0.208. The van der Waals surface area contributed by atoms with Crippen molar-refractivity contribution in [1.29, 1.82) is 0 Å². The molecule has 170 valence electrons. The van der Waals surface area contributed by atoms with Crippen molar-refractivity contribution in [2.75, 3.05) is 43.0 Å². The van der Waals surface area contributed by atoms with Gasteiger partial charge in [0.25, 0.3) is 5.91 Å². The Morgan fingerprint density at radius 2 is 1.70 bits per heavy atom. The standard InChI is InChI=1S/C25H27N5O3/c1-2-33-22-6-3-5-20(18-22)24(32)28-21-9-7-19(8-10-21)17-23(31)29-13-15-30(16-14-29)25-26-11-4-12-27-25/h3-12,18H,2,13-17H2,1H3,(H,28,32). The van der Waals surface area contributed by atoms with Crippen LogP contribution in [0.4, 0.5) is 11.6 Å². The van der Waals surface area contributed by atoms with E-state index in [1.54, 1.807) is 36.7 Å². The zero-order valence-corrected chi connectivity index (χ0v) is 18.6. The molecule has 0 atom stereocenters. The molecule has 2 amide bonds. The number of hydrogen-bond donors (Lipinski definition) is 1. The number of aromatic nitrogens is 2. The molecule has 0 aliphatic carbocycles. The largest absolute Gasteiger partial charge is 0.494 e. The summed E-state index contributed by atoms with van der Waals surface area (Å²) in [6.07, 6.45) is 3.78. The molecule has 1 N–H and O–H groups in total. The van der Waals surface area contributed by atoms with Gasteiger partial charge in [0.1, 0.15) is 5.75 Å². The first-order chi connectivity index (χ1) is 16.1. The van der Waals surface area contributed by atoms with E-state index in [1.807, 2.05) is 42.2 Å². The molecule has 1 aliphatic rings. The van der Waals surface area contributed by atoms with E-state index in [2.05, 4.69) is 20.2 Å². The predicted octanol–water partition coefficient (Wildman–Crippen LogP) is 3.02. The summed E-state index contributed by atoms with van der Waals surface area (Å²) in [7, 11) is 0. The molecule has 8 heteroatoms. The Morgan fingerprint density at radius 3 is 2.39 bits per heavy atom. The first kappa shape index (κ1) is 22.3. The lowest BCUT2D eigenvalue weighted by molar-refractivity contribution is -0.130. The molecular weight excluding hydrogens is 418 g/mol. The van der Waals surface area contributed by atoms with Crippen LogP contribution in [0.25, 0.3) is 0 Å². The quantitative estimate of drug-likeness (QED) is 0.602. The van der Waals surface area contributed by atoms with Gasteiger partial charge in [0.15, 0.2) is 0 Å². The highest BCUT2D eigenvalue weighted by Crippen LogP contribution is 2.17. The first-order valence-corrected chi connectivity index (χ1v) is 11.1. The number of amides is 2. The Balaban J connectivity index is 1.28. The number of benzene rings is 2. The zero-order valence-electron chi connectivity index (χ0n) is 18.6. The summed E-state index contributed by atoms with van der Waals surface area (Å²) in [4.78, 5) is 37.8. The molecule has 33 heavy (non-hydrogen) atoms. The predicted molar refractivity (Wildman–Crippen MR) is 127 cm³/mol. The Kier molecular flexibility index (Phi) is 7.14. The number of piperazine rings is 1. The Bertz CT molecular complexity index is 1080. The summed E-state index contributed by atoms with van der Waals surface area (Å²) >= 11 is 0. The molecule has 1 aromatic heterocycles. The maximum atomic E-state index is 12.7. The first-order valence-electron chi connectivity index (χ1n) is 11.1. The summed E-state index contributed by atoms with van der Waals surface area (Å²) in [6.45, 7) is 5.16. The van der Waals surface area contributed by atoms with Crippen LogP contribution in [0.3, 0.4) is 0 Å². The van der Waals surface area contributed by atoms with Crippen LogP contribution in [0.15, 0.2) is 67.0 Å². The van der Waals surface area contributed by atoms with Crippen LogP contribution in [0.5, 0.6) is 5.75 Å². The van der Waals surface area contributed by atoms with Crippen LogP contribution >= 0.6 is 0 Å². The molecule has 0 spiro atoms. The van der Waals surface area contributed by atoms with Gasteiger partial charge in [0, 0.05) is 49.8 Å². The summed E-state index contributed by atoms with van der Waals surface area (Å²) in [6, 6.07) is 16.2. The second-order valence-electron chi connectivity index (χ2n) is 7.71. The average Bonchev–Trinajstić information content (AvgIpc) is 2.86. The van der Waals surface area contributed by atoms with Crippen molar-refractivity contribution < 1.29 is 14.3 Å². The molecule has 0 unspecified atom stereocenters. The number of nitrogens with zero attached hydrogens (tertiary/aromatic N) is 4. The van der Waals surface area contributed by atoms with Gasteiger partial charge in [-0.05, 0) is 48.9 Å².